The number of hydrogen-bond acceptors (Lipinski definition) is 3. The van der Waals surface area contributed by atoms with Crippen molar-refractivity contribution >= 4 is 0 Å². The first-order chi connectivity index (χ1) is 12.2. The molecule has 25 heavy (non-hydrogen) atoms. The molecule has 2 aliphatic rings. The van der Waals surface area contributed by atoms with E-state index in [1.807, 2.05) is 10.9 Å². The van der Waals surface area contributed by atoms with Gasteiger partial charge in [-0.3, -0.25) is 9.58 Å². The molecule has 2 bridgehead atoms. The van der Waals surface area contributed by atoms with Crippen molar-refractivity contribution in [2.75, 3.05) is 13.2 Å². The average molecular weight is 343 g/mol. The predicted octanol–water partition coefficient (Wildman–Crippen LogP) is 3.74. The second-order valence-electron chi connectivity index (χ2n) is 7.33. The lowest BCUT2D eigenvalue weighted by atomic mass is 9.88. The van der Waals surface area contributed by atoms with Gasteiger partial charge in [-0.1, -0.05) is 0 Å². The maximum absolute atomic E-state index is 12.9. The fraction of sp³-hybridized carbons (Fsp3) is 0.550. The van der Waals surface area contributed by atoms with Crippen LogP contribution in [0.15, 0.2) is 36.5 Å². The predicted molar refractivity (Wildman–Crippen MR) is 95.2 cm³/mol. The molecule has 1 aromatic heterocycles. The number of rotatable bonds is 6. The summed E-state index contributed by atoms with van der Waals surface area (Å²) in [7, 11) is 2.05. The van der Waals surface area contributed by atoms with Crippen LogP contribution < -0.4 is 4.74 Å². The standard InChI is InChI=1S/C20H26FN3O/c1-23-20(9-10-22-23)15-13-17-5-6-18(14-15)24(17)11-2-12-25-19-7-3-16(21)4-8-19/h3-4,7-10,15,17-18H,2,5-6,11-14H2,1H3. The minimum Gasteiger partial charge on any atom is -0.494 e. The molecule has 2 aromatic rings. The van der Waals surface area contributed by atoms with Crippen LogP contribution in [0.2, 0.25) is 0 Å². The van der Waals surface area contributed by atoms with E-state index in [0.717, 1.165) is 18.7 Å². The van der Waals surface area contributed by atoms with Gasteiger partial charge >= 0.3 is 0 Å². The highest BCUT2D eigenvalue weighted by atomic mass is 19.1. The molecule has 0 radical (unpaired) electrons. The van der Waals surface area contributed by atoms with Crippen LogP contribution in [-0.2, 0) is 7.05 Å². The Kier molecular flexibility index (Phi) is 4.75. The van der Waals surface area contributed by atoms with Crippen LogP contribution >= 0.6 is 0 Å². The van der Waals surface area contributed by atoms with Crippen molar-refractivity contribution in [2.45, 2.75) is 50.1 Å². The van der Waals surface area contributed by atoms with Crippen molar-refractivity contribution in [2.24, 2.45) is 7.05 Å². The number of piperidine rings is 1. The maximum Gasteiger partial charge on any atom is 0.123 e. The zero-order valence-electron chi connectivity index (χ0n) is 14.8. The summed E-state index contributed by atoms with van der Waals surface area (Å²) >= 11 is 0. The number of hydrogen-bond donors (Lipinski definition) is 0. The van der Waals surface area contributed by atoms with Gasteiger partial charge in [0, 0.05) is 43.5 Å². The molecule has 134 valence electrons. The molecule has 2 unspecified atom stereocenters. The summed E-state index contributed by atoms with van der Waals surface area (Å²) in [5.74, 6) is 1.18. The van der Waals surface area contributed by atoms with Crippen molar-refractivity contribution in [3.05, 3.63) is 48.0 Å². The van der Waals surface area contributed by atoms with Crippen molar-refractivity contribution in [3.8, 4) is 5.75 Å². The molecule has 4 nitrogen and oxygen atoms in total. The van der Waals surface area contributed by atoms with Gasteiger partial charge in [-0.25, -0.2) is 4.39 Å². The Balaban J connectivity index is 1.27. The molecule has 0 aliphatic carbocycles. The largest absolute Gasteiger partial charge is 0.494 e. The molecule has 5 heteroatoms. The quantitative estimate of drug-likeness (QED) is 0.749. The number of halogens is 1. The van der Waals surface area contributed by atoms with E-state index in [2.05, 4.69) is 23.1 Å². The molecule has 2 aliphatic heterocycles. The lowest BCUT2D eigenvalue weighted by Gasteiger charge is -2.39. The van der Waals surface area contributed by atoms with Gasteiger partial charge in [0.25, 0.3) is 0 Å². The van der Waals surface area contributed by atoms with Crippen LogP contribution in [0.3, 0.4) is 0 Å². The molecule has 1 aromatic carbocycles. The third-order valence-corrected chi connectivity index (χ3v) is 5.80. The van der Waals surface area contributed by atoms with Crippen LogP contribution in [0.1, 0.15) is 43.7 Å². The minimum absolute atomic E-state index is 0.222. The van der Waals surface area contributed by atoms with E-state index in [1.54, 1.807) is 12.1 Å². The Morgan fingerprint density at radius 1 is 1.12 bits per heavy atom. The van der Waals surface area contributed by atoms with Gasteiger partial charge < -0.3 is 4.74 Å². The van der Waals surface area contributed by atoms with Crippen LogP contribution in [-0.4, -0.2) is 39.9 Å². The summed E-state index contributed by atoms with van der Waals surface area (Å²) in [6.07, 6.45) is 8.05. The Morgan fingerprint density at radius 3 is 2.48 bits per heavy atom. The molecular formula is C20H26FN3O. The average Bonchev–Trinajstić information content (AvgIpc) is 3.13. The number of aromatic nitrogens is 2. The second kappa shape index (κ2) is 7.16. The van der Waals surface area contributed by atoms with E-state index in [-0.39, 0.29) is 5.82 Å². The van der Waals surface area contributed by atoms with Crippen LogP contribution in [0.5, 0.6) is 5.75 Å². The summed E-state index contributed by atoms with van der Waals surface area (Å²) in [5, 5.41) is 4.34. The molecule has 2 saturated heterocycles. The highest BCUT2D eigenvalue weighted by molar-refractivity contribution is 5.22. The van der Waals surface area contributed by atoms with Gasteiger partial charge in [0.15, 0.2) is 0 Å². The van der Waals surface area contributed by atoms with Gasteiger partial charge in [-0.2, -0.15) is 5.10 Å². The lowest BCUT2D eigenvalue weighted by Crippen LogP contribution is -2.43. The van der Waals surface area contributed by atoms with Crippen LogP contribution in [0, 0.1) is 5.82 Å². The summed E-state index contributed by atoms with van der Waals surface area (Å²) in [5.41, 5.74) is 1.39. The van der Waals surface area contributed by atoms with Gasteiger partial charge in [-0.05, 0) is 62.4 Å². The van der Waals surface area contributed by atoms with E-state index in [4.69, 9.17) is 4.74 Å². The lowest BCUT2D eigenvalue weighted by molar-refractivity contribution is 0.116. The van der Waals surface area contributed by atoms with Crippen molar-refractivity contribution < 1.29 is 9.13 Å². The Bertz CT molecular complexity index is 685. The van der Waals surface area contributed by atoms with Crippen LogP contribution in [0.25, 0.3) is 0 Å². The first kappa shape index (κ1) is 16.6. The molecule has 0 amide bonds. The molecule has 2 atom stereocenters. The van der Waals surface area contributed by atoms with E-state index >= 15 is 0 Å². The van der Waals surface area contributed by atoms with E-state index in [1.165, 1.54) is 43.5 Å². The zero-order valence-corrected chi connectivity index (χ0v) is 14.8. The van der Waals surface area contributed by atoms with E-state index in [9.17, 15) is 4.39 Å². The van der Waals surface area contributed by atoms with Crippen molar-refractivity contribution in [3.63, 3.8) is 0 Å². The van der Waals surface area contributed by atoms with E-state index < -0.39 is 0 Å². The molecule has 0 saturated carbocycles. The topological polar surface area (TPSA) is 30.3 Å². The smallest absolute Gasteiger partial charge is 0.123 e. The minimum atomic E-state index is -0.222. The highest BCUT2D eigenvalue weighted by Gasteiger charge is 2.41. The number of benzene rings is 1. The molecule has 2 fully saturated rings. The SMILES string of the molecule is Cn1nccc1C1CC2CCC(C1)N2CCCOc1ccc(F)cc1. The van der Waals surface area contributed by atoms with Crippen LogP contribution in [0.4, 0.5) is 4.39 Å². The Hall–Kier alpha value is -1.88. The third kappa shape index (κ3) is 3.56. The summed E-state index contributed by atoms with van der Waals surface area (Å²) in [4.78, 5) is 2.70. The van der Waals surface area contributed by atoms with Gasteiger partial charge in [0.2, 0.25) is 0 Å². The second-order valence-corrected chi connectivity index (χ2v) is 7.33. The maximum atomic E-state index is 12.9. The van der Waals surface area contributed by atoms with E-state index in [0.29, 0.717) is 24.6 Å². The fourth-order valence-electron chi connectivity index (χ4n) is 4.63. The first-order valence-corrected chi connectivity index (χ1v) is 9.32. The van der Waals surface area contributed by atoms with Gasteiger partial charge in [-0.15, -0.1) is 0 Å². The zero-order chi connectivity index (χ0) is 17.2. The number of ether oxygens (including phenoxy) is 1. The van der Waals surface area contributed by atoms with Crippen molar-refractivity contribution in [1.29, 1.82) is 0 Å². The Morgan fingerprint density at radius 2 is 1.84 bits per heavy atom. The third-order valence-electron chi connectivity index (χ3n) is 5.80. The summed E-state index contributed by atoms with van der Waals surface area (Å²) in [6.45, 7) is 1.78. The number of fused-ring (bicyclic) bond motifs is 2. The molecule has 0 N–H and O–H groups in total. The Labute approximate surface area is 148 Å². The fourth-order valence-corrected chi connectivity index (χ4v) is 4.63. The molecule has 4 rings (SSSR count). The molecule has 3 heterocycles. The first-order valence-electron chi connectivity index (χ1n) is 9.32. The monoisotopic (exact) mass is 343 g/mol. The summed E-state index contributed by atoms with van der Waals surface area (Å²) in [6, 6.07) is 9.85. The highest BCUT2D eigenvalue weighted by Crippen LogP contribution is 2.42. The van der Waals surface area contributed by atoms with Crippen molar-refractivity contribution in [1.82, 2.24) is 14.7 Å². The number of aryl methyl sites for hydroxylation is 1. The number of nitrogens with zero attached hydrogens (tertiary/aromatic N) is 3. The summed E-state index contributed by atoms with van der Waals surface area (Å²) < 4.78 is 20.7. The normalized spacial score (nSPS) is 26.1. The van der Waals surface area contributed by atoms with Gasteiger partial charge in [0.05, 0.1) is 6.61 Å². The van der Waals surface area contributed by atoms with Gasteiger partial charge in [0.1, 0.15) is 11.6 Å². The molecule has 0 spiro atoms. The molecular weight excluding hydrogens is 317 g/mol.